The summed E-state index contributed by atoms with van der Waals surface area (Å²) in [4.78, 5) is 3.87. The first kappa shape index (κ1) is 13.7. The summed E-state index contributed by atoms with van der Waals surface area (Å²) in [5.41, 5.74) is 9.24. The van der Waals surface area contributed by atoms with Gasteiger partial charge in [-0.2, -0.15) is 13.2 Å². The molecule has 0 amide bonds. The summed E-state index contributed by atoms with van der Waals surface area (Å²) < 4.78 is 36.2. The summed E-state index contributed by atoms with van der Waals surface area (Å²) in [6, 6.07) is 1.13. The molecule has 0 aliphatic rings. The molecule has 0 bridgehead atoms. The molecule has 1 heterocycles. The number of hydrazine groups is 1. The number of alkyl halides is 3. The highest BCUT2D eigenvalue weighted by molar-refractivity contribution is 5.44. The van der Waals surface area contributed by atoms with Crippen LogP contribution in [-0.2, 0) is 6.42 Å². The van der Waals surface area contributed by atoms with E-state index in [-0.39, 0.29) is 6.42 Å². The molecule has 0 spiro atoms. The lowest BCUT2D eigenvalue weighted by molar-refractivity contribution is -0.136. The molecular formula is C10H15F3N4. The SMILES string of the molecule is NNC(CCC(F)(F)F)Cc1cnccc1N. The molecule has 7 heteroatoms. The molecule has 17 heavy (non-hydrogen) atoms. The maximum atomic E-state index is 12.1. The maximum Gasteiger partial charge on any atom is 0.389 e. The van der Waals surface area contributed by atoms with Gasteiger partial charge in [0.1, 0.15) is 0 Å². The van der Waals surface area contributed by atoms with Crippen molar-refractivity contribution in [3.8, 4) is 0 Å². The number of halogens is 3. The predicted octanol–water partition coefficient (Wildman–Crippen LogP) is 1.38. The molecule has 0 saturated carbocycles. The number of nitrogens with two attached hydrogens (primary N) is 2. The molecule has 1 atom stereocenters. The Morgan fingerprint density at radius 2 is 2.12 bits per heavy atom. The van der Waals surface area contributed by atoms with Gasteiger partial charge in [-0.25, -0.2) is 0 Å². The van der Waals surface area contributed by atoms with Crippen molar-refractivity contribution in [2.75, 3.05) is 5.73 Å². The number of rotatable bonds is 5. The lowest BCUT2D eigenvalue weighted by Crippen LogP contribution is -2.37. The first-order chi connectivity index (χ1) is 7.92. The molecule has 96 valence electrons. The van der Waals surface area contributed by atoms with Gasteiger partial charge < -0.3 is 5.73 Å². The molecule has 0 fully saturated rings. The second-order valence-electron chi connectivity index (χ2n) is 3.80. The van der Waals surface area contributed by atoms with E-state index >= 15 is 0 Å². The number of aromatic nitrogens is 1. The van der Waals surface area contributed by atoms with Crippen LogP contribution >= 0.6 is 0 Å². The summed E-state index contributed by atoms with van der Waals surface area (Å²) in [6.45, 7) is 0. The minimum Gasteiger partial charge on any atom is -0.398 e. The highest BCUT2D eigenvalue weighted by Crippen LogP contribution is 2.23. The fourth-order valence-electron chi connectivity index (χ4n) is 1.46. The van der Waals surface area contributed by atoms with E-state index in [0.717, 1.165) is 0 Å². The minimum atomic E-state index is -4.17. The molecule has 0 aliphatic carbocycles. The van der Waals surface area contributed by atoms with E-state index in [4.69, 9.17) is 11.6 Å². The van der Waals surface area contributed by atoms with Crippen molar-refractivity contribution in [2.45, 2.75) is 31.5 Å². The van der Waals surface area contributed by atoms with Gasteiger partial charge in [0.15, 0.2) is 0 Å². The Labute approximate surface area is 97.2 Å². The standard InChI is InChI=1S/C10H15F3N4/c11-10(12,13)3-1-8(17-15)5-7-6-16-4-2-9(7)14/h2,4,6,8,17H,1,3,5,15H2,(H2,14,16). The lowest BCUT2D eigenvalue weighted by Gasteiger charge is -2.17. The fraction of sp³-hybridized carbons (Fsp3) is 0.500. The quantitative estimate of drug-likeness (QED) is 0.543. The third-order valence-corrected chi connectivity index (χ3v) is 2.42. The summed E-state index contributed by atoms with van der Waals surface area (Å²) in [5.74, 6) is 5.22. The van der Waals surface area contributed by atoms with Crippen molar-refractivity contribution in [1.82, 2.24) is 10.4 Å². The topological polar surface area (TPSA) is 77.0 Å². The third-order valence-electron chi connectivity index (χ3n) is 2.42. The van der Waals surface area contributed by atoms with Gasteiger partial charge in [-0.15, -0.1) is 0 Å². The van der Waals surface area contributed by atoms with Crippen molar-refractivity contribution >= 4 is 5.69 Å². The van der Waals surface area contributed by atoms with Crippen LogP contribution in [0.4, 0.5) is 18.9 Å². The first-order valence-electron chi connectivity index (χ1n) is 5.13. The van der Waals surface area contributed by atoms with Gasteiger partial charge in [-0.1, -0.05) is 0 Å². The van der Waals surface area contributed by atoms with Crippen molar-refractivity contribution in [1.29, 1.82) is 0 Å². The molecule has 0 saturated heterocycles. The van der Waals surface area contributed by atoms with Crippen LogP contribution in [0, 0.1) is 0 Å². The monoisotopic (exact) mass is 248 g/mol. The van der Waals surface area contributed by atoms with E-state index in [1.165, 1.54) is 12.4 Å². The Morgan fingerprint density at radius 3 is 2.65 bits per heavy atom. The molecular weight excluding hydrogens is 233 g/mol. The van der Waals surface area contributed by atoms with E-state index in [0.29, 0.717) is 17.7 Å². The fourth-order valence-corrected chi connectivity index (χ4v) is 1.46. The second kappa shape index (κ2) is 5.83. The zero-order chi connectivity index (χ0) is 12.9. The van der Waals surface area contributed by atoms with Crippen molar-refractivity contribution < 1.29 is 13.2 Å². The third kappa shape index (κ3) is 5.01. The van der Waals surface area contributed by atoms with Gasteiger partial charge in [0.25, 0.3) is 0 Å². The Bertz CT molecular complexity index is 354. The van der Waals surface area contributed by atoms with E-state index in [2.05, 4.69) is 10.4 Å². The number of nitrogens with zero attached hydrogens (tertiary/aromatic N) is 1. The van der Waals surface area contributed by atoms with Gasteiger partial charge >= 0.3 is 6.18 Å². The maximum absolute atomic E-state index is 12.1. The molecule has 0 aromatic carbocycles. The van der Waals surface area contributed by atoms with E-state index in [1.54, 1.807) is 6.07 Å². The van der Waals surface area contributed by atoms with E-state index in [9.17, 15) is 13.2 Å². The van der Waals surface area contributed by atoms with E-state index < -0.39 is 18.6 Å². The molecule has 1 aromatic heterocycles. The van der Waals surface area contributed by atoms with Crippen LogP contribution in [0.1, 0.15) is 18.4 Å². The van der Waals surface area contributed by atoms with Crippen LogP contribution in [0.5, 0.6) is 0 Å². The van der Waals surface area contributed by atoms with Crippen LogP contribution in [0.2, 0.25) is 0 Å². The average Bonchev–Trinajstić information content (AvgIpc) is 2.25. The molecule has 0 radical (unpaired) electrons. The van der Waals surface area contributed by atoms with Crippen LogP contribution in [-0.4, -0.2) is 17.2 Å². The molecule has 1 unspecified atom stereocenters. The Hall–Kier alpha value is -1.34. The zero-order valence-electron chi connectivity index (χ0n) is 9.17. The van der Waals surface area contributed by atoms with Crippen LogP contribution in [0.15, 0.2) is 18.5 Å². The molecule has 1 rings (SSSR count). The average molecular weight is 248 g/mol. The van der Waals surface area contributed by atoms with Gasteiger partial charge in [-0.05, 0) is 24.5 Å². The van der Waals surface area contributed by atoms with Crippen molar-refractivity contribution in [2.24, 2.45) is 5.84 Å². The molecule has 0 aliphatic heterocycles. The predicted molar refractivity (Wildman–Crippen MR) is 58.8 cm³/mol. The van der Waals surface area contributed by atoms with Crippen LogP contribution in [0.3, 0.4) is 0 Å². The Kier molecular flexibility index (Phi) is 4.71. The molecule has 4 nitrogen and oxygen atoms in total. The smallest absolute Gasteiger partial charge is 0.389 e. The van der Waals surface area contributed by atoms with Gasteiger partial charge in [0, 0.05) is 30.5 Å². The van der Waals surface area contributed by atoms with E-state index in [1.807, 2.05) is 0 Å². The molecule has 1 aromatic rings. The highest BCUT2D eigenvalue weighted by Gasteiger charge is 2.28. The second-order valence-corrected chi connectivity index (χ2v) is 3.80. The Morgan fingerprint density at radius 1 is 1.41 bits per heavy atom. The largest absolute Gasteiger partial charge is 0.398 e. The number of hydrogen-bond acceptors (Lipinski definition) is 4. The van der Waals surface area contributed by atoms with Crippen molar-refractivity contribution in [3.05, 3.63) is 24.0 Å². The summed E-state index contributed by atoms with van der Waals surface area (Å²) >= 11 is 0. The number of hydrogen-bond donors (Lipinski definition) is 3. The normalized spacial score (nSPS) is 13.6. The van der Waals surface area contributed by atoms with Crippen LogP contribution < -0.4 is 17.0 Å². The number of nitrogens with one attached hydrogen (secondary N) is 1. The molecule has 5 N–H and O–H groups in total. The van der Waals surface area contributed by atoms with Crippen molar-refractivity contribution in [3.63, 3.8) is 0 Å². The number of nitrogen functional groups attached to an aromatic ring is 1. The number of anilines is 1. The Balaban J connectivity index is 2.56. The summed E-state index contributed by atoms with van der Waals surface area (Å²) in [7, 11) is 0. The van der Waals surface area contributed by atoms with Gasteiger partial charge in [-0.3, -0.25) is 16.3 Å². The lowest BCUT2D eigenvalue weighted by atomic mass is 10.0. The first-order valence-corrected chi connectivity index (χ1v) is 5.13. The minimum absolute atomic E-state index is 0.0890. The summed E-state index contributed by atoms with van der Waals surface area (Å²) in [6.07, 6.45) is -1.75. The highest BCUT2D eigenvalue weighted by atomic mass is 19.4. The number of pyridine rings is 1. The zero-order valence-corrected chi connectivity index (χ0v) is 9.17. The summed E-state index contributed by atoms with van der Waals surface area (Å²) in [5, 5.41) is 0. The van der Waals surface area contributed by atoms with Crippen LogP contribution in [0.25, 0.3) is 0 Å². The van der Waals surface area contributed by atoms with Gasteiger partial charge in [0.2, 0.25) is 0 Å². The van der Waals surface area contributed by atoms with Gasteiger partial charge in [0.05, 0.1) is 0 Å².